The van der Waals surface area contributed by atoms with Crippen LogP contribution in [0.2, 0.25) is 0 Å². The maximum absolute atomic E-state index is 12.8. The number of fused-ring (bicyclic) bond motifs is 1. The van der Waals surface area contributed by atoms with Crippen molar-refractivity contribution in [1.82, 2.24) is 9.88 Å². The normalized spacial score (nSPS) is 10.8. The Morgan fingerprint density at radius 1 is 1.09 bits per heavy atom. The van der Waals surface area contributed by atoms with Crippen molar-refractivity contribution in [3.05, 3.63) is 54.4 Å². The van der Waals surface area contributed by atoms with E-state index in [1.807, 2.05) is 56.3 Å². The zero-order valence-corrected chi connectivity index (χ0v) is 12.7. The molecule has 1 amide bonds. The molecule has 0 unspecified atom stereocenters. The van der Waals surface area contributed by atoms with Gasteiger partial charge in [0, 0.05) is 30.2 Å². The van der Waals surface area contributed by atoms with E-state index in [0.29, 0.717) is 24.6 Å². The molecule has 0 saturated carbocycles. The summed E-state index contributed by atoms with van der Waals surface area (Å²) in [4.78, 5) is 18.8. The molecule has 0 bridgehead atoms. The van der Waals surface area contributed by atoms with Crippen molar-refractivity contribution in [2.24, 2.45) is 0 Å². The number of nitrogens with zero attached hydrogens (tertiary/aromatic N) is 2. The Morgan fingerprint density at radius 2 is 1.82 bits per heavy atom. The molecule has 0 aliphatic carbocycles. The molecule has 4 nitrogen and oxygen atoms in total. The monoisotopic (exact) mass is 294 g/mol. The maximum Gasteiger partial charge on any atom is 0.290 e. The lowest BCUT2D eigenvalue weighted by Crippen LogP contribution is -2.30. The first-order chi connectivity index (χ1) is 10.8. The number of rotatable bonds is 4. The molecule has 1 aromatic carbocycles. The Morgan fingerprint density at radius 3 is 2.50 bits per heavy atom. The van der Waals surface area contributed by atoms with E-state index in [-0.39, 0.29) is 5.91 Å². The van der Waals surface area contributed by atoms with Gasteiger partial charge in [0.25, 0.3) is 5.91 Å². The summed E-state index contributed by atoms with van der Waals surface area (Å²) in [6.07, 6.45) is 1.67. The van der Waals surface area contributed by atoms with Crippen molar-refractivity contribution >= 4 is 17.0 Å². The summed E-state index contributed by atoms with van der Waals surface area (Å²) in [5, 5.41) is 0.865. The number of hydrogen-bond acceptors (Lipinski definition) is 3. The largest absolute Gasteiger partial charge is 0.432 e. The summed E-state index contributed by atoms with van der Waals surface area (Å²) in [6.45, 7) is 5.22. The molecule has 0 aliphatic rings. The molecule has 3 aromatic rings. The van der Waals surface area contributed by atoms with Crippen LogP contribution in [0.1, 0.15) is 24.4 Å². The molecule has 112 valence electrons. The van der Waals surface area contributed by atoms with Crippen LogP contribution in [-0.4, -0.2) is 28.9 Å². The highest BCUT2D eigenvalue weighted by Gasteiger charge is 2.25. The third kappa shape index (κ3) is 2.37. The van der Waals surface area contributed by atoms with Gasteiger partial charge >= 0.3 is 0 Å². The number of amides is 1. The quantitative estimate of drug-likeness (QED) is 0.731. The van der Waals surface area contributed by atoms with Crippen LogP contribution in [0.15, 0.2) is 53.1 Å². The maximum atomic E-state index is 12.8. The summed E-state index contributed by atoms with van der Waals surface area (Å²) < 4.78 is 5.80. The molecule has 0 radical (unpaired) electrons. The molecule has 0 N–H and O–H groups in total. The first kappa shape index (κ1) is 14.3. The molecule has 0 spiro atoms. The summed E-state index contributed by atoms with van der Waals surface area (Å²) >= 11 is 0. The highest BCUT2D eigenvalue weighted by molar-refractivity contribution is 6.07. The predicted octanol–water partition coefficient (Wildman–Crippen LogP) is 3.98. The second-order valence-electron chi connectivity index (χ2n) is 5.01. The highest BCUT2D eigenvalue weighted by atomic mass is 16.4. The fourth-order valence-electron chi connectivity index (χ4n) is 2.63. The van der Waals surface area contributed by atoms with Crippen molar-refractivity contribution in [1.29, 1.82) is 0 Å². The van der Waals surface area contributed by atoms with Gasteiger partial charge in [-0.1, -0.05) is 30.3 Å². The smallest absolute Gasteiger partial charge is 0.290 e. The molecule has 4 heteroatoms. The summed E-state index contributed by atoms with van der Waals surface area (Å²) in [6, 6.07) is 13.6. The van der Waals surface area contributed by atoms with Crippen LogP contribution in [0.4, 0.5) is 0 Å². The van der Waals surface area contributed by atoms with E-state index in [1.54, 1.807) is 11.1 Å². The average molecular weight is 294 g/mol. The Hall–Kier alpha value is -2.62. The van der Waals surface area contributed by atoms with E-state index in [1.165, 1.54) is 0 Å². The van der Waals surface area contributed by atoms with Gasteiger partial charge < -0.3 is 9.32 Å². The van der Waals surface area contributed by atoms with E-state index >= 15 is 0 Å². The molecule has 0 saturated heterocycles. The van der Waals surface area contributed by atoms with Crippen molar-refractivity contribution in [2.45, 2.75) is 13.8 Å². The Balaban J connectivity index is 2.24. The second kappa shape index (κ2) is 6.02. The molecule has 2 aromatic heterocycles. The minimum Gasteiger partial charge on any atom is -0.432 e. The lowest BCUT2D eigenvalue weighted by atomic mass is 10.0. The summed E-state index contributed by atoms with van der Waals surface area (Å²) in [5.41, 5.74) is 2.28. The zero-order valence-electron chi connectivity index (χ0n) is 12.7. The summed E-state index contributed by atoms with van der Waals surface area (Å²) in [5.74, 6) is 0.269. The van der Waals surface area contributed by atoms with Crippen LogP contribution in [0.5, 0.6) is 0 Å². The van der Waals surface area contributed by atoms with Crippen LogP contribution in [0.25, 0.3) is 22.2 Å². The molecule has 0 aliphatic heterocycles. The van der Waals surface area contributed by atoms with Gasteiger partial charge in [-0.3, -0.25) is 4.79 Å². The van der Waals surface area contributed by atoms with Crippen LogP contribution in [-0.2, 0) is 0 Å². The Labute approximate surface area is 129 Å². The number of furan rings is 1. The molecular formula is C18H18N2O2. The van der Waals surface area contributed by atoms with Crippen molar-refractivity contribution < 1.29 is 9.21 Å². The van der Waals surface area contributed by atoms with E-state index in [4.69, 9.17) is 4.42 Å². The number of carbonyl (C=O) groups excluding carboxylic acids is 1. The van der Waals surface area contributed by atoms with E-state index < -0.39 is 0 Å². The fourth-order valence-corrected chi connectivity index (χ4v) is 2.63. The van der Waals surface area contributed by atoms with E-state index in [2.05, 4.69) is 4.98 Å². The third-order valence-electron chi connectivity index (χ3n) is 3.77. The highest BCUT2D eigenvalue weighted by Crippen LogP contribution is 2.34. The molecule has 0 atom stereocenters. The Bertz CT molecular complexity index is 789. The molecule has 0 fully saturated rings. The number of aromatic nitrogens is 1. The minimum atomic E-state index is -0.0955. The van der Waals surface area contributed by atoms with Gasteiger partial charge in [-0.2, -0.15) is 0 Å². The zero-order chi connectivity index (χ0) is 15.5. The van der Waals surface area contributed by atoms with Gasteiger partial charge in [-0.05, 0) is 31.5 Å². The lowest BCUT2D eigenvalue weighted by molar-refractivity contribution is 0.0744. The van der Waals surface area contributed by atoms with Crippen molar-refractivity contribution in [2.75, 3.05) is 13.1 Å². The van der Waals surface area contributed by atoms with Gasteiger partial charge in [0.15, 0.2) is 0 Å². The first-order valence-electron chi connectivity index (χ1n) is 7.48. The lowest BCUT2D eigenvalue weighted by Gasteiger charge is -2.17. The van der Waals surface area contributed by atoms with Crippen LogP contribution in [0, 0.1) is 0 Å². The fraction of sp³-hybridized carbons (Fsp3) is 0.222. The number of benzene rings is 1. The minimum absolute atomic E-state index is 0.0955. The van der Waals surface area contributed by atoms with E-state index in [9.17, 15) is 4.79 Å². The molecule has 3 rings (SSSR count). The van der Waals surface area contributed by atoms with Crippen LogP contribution >= 0.6 is 0 Å². The molecular weight excluding hydrogens is 276 g/mol. The van der Waals surface area contributed by atoms with Gasteiger partial charge in [-0.15, -0.1) is 0 Å². The predicted molar refractivity (Wildman–Crippen MR) is 86.7 cm³/mol. The molecule has 2 heterocycles. The van der Waals surface area contributed by atoms with Gasteiger partial charge in [0.2, 0.25) is 11.5 Å². The standard InChI is InChI=1S/C18H18N2O2/c1-3-20(4-2)18(21)16-15(13-9-6-5-7-10-13)14-11-8-12-19-17(14)22-16/h5-12H,3-4H2,1-2H3. The van der Waals surface area contributed by atoms with Crippen molar-refractivity contribution in [3.63, 3.8) is 0 Å². The Kier molecular flexibility index (Phi) is 3.92. The number of carbonyl (C=O) groups is 1. The van der Waals surface area contributed by atoms with Gasteiger partial charge in [-0.25, -0.2) is 4.98 Å². The molecule has 22 heavy (non-hydrogen) atoms. The van der Waals surface area contributed by atoms with Crippen molar-refractivity contribution in [3.8, 4) is 11.1 Å². The van der Waals surface area contributed by atoms with Gasteiger partial charge in [0.05, 0.1) is 0 Å². The average Bonchev–Trinajstić information content (AvgIpc) is 2.96. The number of pyridine rings is 1. The second-order valence-corrected chi connectivity index (χ2v) is 5.01. The summed E-state index contributed by atoms with van der Waals surface area (Å²) in [7, 11) is 0. The first-order valence-corrected chi connectivity index (χ1v) is 7.48. The van der Waals surface area contributed by atoms with Gasteiger partial charge in [0.1, 0.15) is 0 Å². The topological polar surface area (TPSA) is 46.3 Å². The number of hydrogen-bond donors (Lipinski definition) is 0. The SMILES string of the molecule is CCN(CC)C(=O)c1oc2ncccc2c1-c1ccccc1. The third-order valence-corrected chi connectivity index (χ3v) is 3.77. The van der Waals surface area contributed by atoms with Crippen LogP contribution in [0.3, 0.4) is 0 Å². The van der Waals surface area contributed by atoms with Crippen LogP contribution < -0.4 is 0 Å². The van der Waals surface area contributed by atoms with E-state index in [0.717, 1.165) is 16.5 Å².